The summed E-state index contributed by atoms with van der Waals surface area (Å²) >= 11 is 5.74. The fraction of sp³-hybridized carbons (Fsp3) is 0.263. The summed E-state index contributed by atoms with van der Waals surface area (Å²) in [4.78, 5) is 39.9. The fourth-order valence-electron chi connectivity index (χ4n) is 2.05. The van der Waals surface area contributed by atoms with Crippen LogP contribution in [0.15, 0.2) is 42.6 Å². The summed E-state index contributed by atoms with van der Waals surface area (Å²) in [6.45, 7) is 5.08. The molecule has 1 aromatic carbocycles. The van der Waals surface area contributed by atoms with Crippen LogP contribution < -0.4 is 5.32 Å². The number of halogens is 1. The number of nitrogens with one attached hydrogen (secondary N) is 1. The molecule has 1 amide bonds. The lowest BCUT2D eigenvalue weighted by molar-refractivity contribution is -0.118. The molecule has 0 saturated carbocycles. The number of hydrogen-bond donors (Lipinski definition) is 1. The first-order chi connectivity index (χ1) is 12.3. The molecule has 0 fully saturated rings. The normalized spacial score (nSPS) is 11.7. The number of pyridine rings is 1. The smallest absolute Gasteiger partial charge is 0.339 e. The summed E-state index contributed by atoms with van der Waals surface area (Å²) in [5.74, 6) is -1.25. The third-order valence-electron chi connectivity index (χ3n) is 3.58. The van der Waals surface area contributed by atoms with E-state index in [4.69, 9.17) is 16.3 Å². The highest BCUT2D eigenvalue weighted by Gasteiger charge is 2.21. The number of aromatic nitrogens is 1. The standard InChI is InChI=1S/C19H19ClN2O4/c1-11(2)18(24)22-15-6-4-13(5-7-15)17(23)12(3)26-19(25)14-8-9-21-16(20)10-14/h4-12H,1-3H3,(H,22,24). The van der Waals surface area contributed by atoms with Crippen molar-refractivity contribution in [2.45, 2.75) is 26.9 Å². The average molecular weight is 375 g/mol. The van der Waals surface area contributed by atoms with Crippen LogP contribution in [0.25, 0.3) is 0 Å². The van der Waals surface area contributed by atoms with Crippen molar-refractivity contribution in [3.05, 3.63) is 58.9 Å². The zero-order chi connectivity index (χ0) is 19.3. The van der Waals surface area contributed by atoms with Gasteiger partial charge in [-0.3, -0.25) is 9.59 Å². The zero-order valence-corrected chi connectivity index (χ0v) is 15.4. The second-order valence-electron chi connectivity index (χ2n) is 6.00. The van der Waals surface area contributed by atoms with Crippen LogP contribution in [0.1, 0.15) is 41.5 Å². The highest BCUT2D eigenvalue weighted by Crippen LogP contribution is 2.15. The number of Topliss-reactive ketones (excluding diaryl/α,β-unsaturated/α-hetero) is 1. The number of carbonyl (C=O) groups is 3. The van der Waals surface area contributed by atoms with Crippen molar-refractivity contribution in [1.82, 2.24) is 4.98 Å². The lowest BCUT2D eigenvalue weighted by atomic mass is 10.1. The summed E-state index contributed by atoms with van der Waals surface area (Å²) in [5, 5.41) is 2.91. The lowest BCUT2D eigenvalue weighted by Crippen LogP contribution is -2.24. The van der Waals surface area contributed by atoms with Crippen LogP contribution in [-0.4, -0.2) is 28.7 Å². The monoisotopic (exact) mass is 374 g/mol. The minimum absolute atomic E-state index is 0.109. The van der Waals surface area contributed by atoms with Gasteiger partial charge in [-0.2, -0.15) is 0 Å². The van der Waals surface area contributed by atoms with Crippen LogP contribution in [-0.2, 0) is 9.53 Å². The SMILES string of the molecule is CC(C)C(=O)Nc1ccc(C(=O)C(C)OC(=O)c2ccnc(Cl)c2)cc1. The van der Waals surface area contributed by atoms with Gasteiger partial charge in [0.05, 0.1) is 5.56 Å². The van der Waals surface area contributed by atoms with Crippen molar-refractivity contribution < 1.29 is 19.1 Å². The summed E-state index contributed by atoms with van der Waals surface area (Å²) in [6, 6.07) is 9.23. The summed E-state index contributed by atoms with van der Waals surface area (Å²) in [5.41, 5.74) is 1.19. The van der Waals surface area contributed by atoms with E-state index in [1.54, 1.807) is 38.1 Å². The highest BCUT2D eigenvalue weighted by atomic mass is 35.5. The number of carbonyl (C=O) groups excluding carboxylic acids is 3. The molecule has 1 heterocycles. The first-order valence-corrected chi connectivity index (χ1v) is 8.43. The van der Waals surface area contributed by atoms with Crippen molar-refractivity contribution in [2.24, 2.45) is 5.92 Å². The third-order valence-corrected chi connectivity index (χ3v) is 3.78. The second kappa shape index (κ2) is 8.58. The number of benzene rings is 1. The molecule has 0 aliphatic heterocycles. The Bertz CT molecular complexity index is 819. The summed E-state index contributed by atoms with van der Waals surface area (Å²) < 4.78 is 5.19. The topological polar surface area (TPSA) is 85.4 Å². The number of hydrogen-bond acceptors (Lipinski definition) is 5. The number of esters is 1. The molecule has 26 heavy (non-hydrogen) atoms. The van der Waals surface area contributed by atoms with Gasteiger partial charge in [0.25, 0.3) is 0 Å². The Balaban J connectivity index is 2.01. The maximum atomic E-state index is 12.4. The average Bonchev–Trinajstić information content (AvgIpc) is 2.61. The molecule has 1 unspecified atom stereocenters. The van der Waals surface area contributed by atoms with Crippen molar-refractivity contribution in [1.29, 1.82) is 0 Å². The van der Waals surface area contributed by atoms with Gasteiger partial charge in [-0.05, 0) is 43.3 Å². The van der Waals surface area contributed by atoms with Crippen LogP contribution >= 0.6 is 11.6 Å². The molecule has 136 valence electrons. The van der Waals surface area contributed by atoms with Crippen molar-refractivity contribution in [2.75, 3.05) is 5.32 Å². The Labute approximate surface area is 156 Å². The van der Waals surface area contributed by atoms with E-state index in [-0.39, 0.29) is 28.3 Å². The predicted octanol–water partition coefficient (Wildman–Crippen LogP) is 3.76. The van der Waals surface area contributed by atoms with Crippen LogP contribution in [0, 0.1) is 5.92 Å². The third kappa shape index (κ3) is 5.13. The van der Waals surface area contributed by atoms with E-state index in [0.29, 0.717) is 11.3 Å². The minimum atomic E-state index is -0.967. The molecule has 1 atom stereocenters. The molecule has 0 radical (unpaired) electrons. The molecule has 0 saturated heterocycles. The molecule has 0 spiro atoms. The quantitative estimate of drug-likeness (QED) is 0.472. The van der Waals surface area contributed by atoms with Gasteiger partial charge in [-0.15, -0.1) is 0 Å². The Morgan fingerprint density at radius 3 is 2.27 bits per heavy atom. The Morgan fingerprint density at radius 1 is 1.04 bits per heavy atom. The number of anilines is 1. The molecule has 6 nitrogen and oxygen atoms in total. The molecule has 2 rings (SSSR count). The lowest BCUT2D eigenvalue weighted by Gasteiger charge is -2.13. The molecule has 0 aliphatic rings. The molecule has 1 aromatic heterocycles. The van der Waals surface area contributed by atoms with Gasteiger partial charge in [0.1, 0.15) is 5.15 Å². The molecule has 0 bridgehead atoms. The van der Waals surface area contributed by atoms with Crippen LogP contribution in [0.4, 0.5) is 5.69 Å². The number of ether oxygens (including phenoxy) is 1. The van der Waals surface area contributed by atoms with Gasteiger partial charge in [0.2, 0.25) is 11.7 Å². The first kappa shape index (κ1) is 19.6. The minimum Gasteiger partial charge on any atom is -0.451 e. The van der Waals surface area contributed by atoms with Crippen molar-refractivity contribution in [3.63, 3.8) is 0 Å². The zero-order valence-electron chi connectivity index (χ0n) is 14.7. The van der Waals surface area contributed by atoms with Crippen molar-refractivity contribution >= 4 is 34.9 Å². The Morgan fingerprint density at radius 2 is 1.69 bits per heavy atom. The van der Waals surface area contributed by atoms with Crippen LogP contribution in [0.3, 0.4) is 0 Å². The summed E-state index contributed by atoms with van der Waals surface area (Å²) in [7, 11) is 0. The maximum Gasteiger partial charge on any atom is 0.339 e. The number of rotatable bonds is 6. The molecule has 2 aromatic rings. The number of ketones is 1. The molecule has 0 aliphatic carbocycles. The fourth-order valence-corrected chi connectivity index (χ4v) is 2.22. The predicted molar refractivity (Wildman–Crippen MR) is 98.4 cm³/mol. The van der Waals surface area contributed by atoms with Crippen LogP contribution in [0.2, 0.25) is 5.15 Å². The maximum absolute atomic E-state index is 12.4. The van der Waals surface area contributed by atoms with E-state index in [1.165, 1.54) is 25.3 Å². The Hall–Kier alpha value is -2.73. The first-order valence-electron chi connectivity index (χ1n) is 8.05. The van der Waals surface area contributed by atoms with Gasteiger partial charge >= 0.3 is 5.97 Å². The molecular weight excluding hydrogens is 356 g/mol. The van der Waals surface area contributed by atoms with E-state index in [2.05, 4.69) is 10.3 Å². The van der Waals surface area contributed by atoms with Gasteiger partial charge < -0.3 is 10.1 Å². The van der Waals surface area contributed by atoms with E-state index >= 15 is 0 Å². The van der Waals surface area contributed by atoms with Gasteiger partial charge in [0, 0.05) is 23.4 Å². The van der Waals surface area contributed by atoms with E-state index in [1.807, 2.05) is 0 Å². The highest BCUT2D eigenvalue weighted by molar-refractivity contribution is 6.29. The number of amides is 1. The van der Waals surface area contributed by atoms with Crippen LogP contribution in [0.5, 0.6) is 0 Å². The van der Waals surface area contributed by atoms with Crippen molar-refractivity contribution in [3.8, 4) is 0 Å². The largest absolute Gasteiger partial charge is 0.451 e. The van der Waals surface area contributed by atoms with Gasteiger partial charge in [-0.1, -0.05) is 25.4 Å². The molecular formula is C19H19ClN2O4. The van der Waals surface area contributed by atoms with Gasteiger partial charge in [0.15, 0.2) is 6.10 Å². The van der Waals surface area contributed by atoms with E-state index < -0.39 is 12.1 Å². The van der Waals surface area contributed by atoms with Gasteiger partial charge in [-0.25, -0.2) is 9.78 Å². The van der Waals surface area contributed by atoms with E-state index in [0.717, 1.165) is 0 Å². The summed E-state index contributed by atoms with van der Waals surface area (Å²) in [6.07, 6.45) is 0.417. The Kier molecular flexibility index (Phi) is 6.46. The number of nitrogens with zero attached hydrogens (tertiary/aromatic N) is 1. The molecule has 7 heteroatoms. The molecule has 1 N–H and O–H groups in total. The second-order valence-corrected chi connectivity index (χ2v) is 6.39. The van der Waals surface area contributed by atoms with E-state index in [9.17, 15) is 14.4 Å².